The quantitative estimate of drug-likeness (QED) is 0.648. The van der Waals surface area contributed by atoms with Crippen LogP contribution in [0.4, 0.5) is 0 Å². The molecule has 1 aliphatic rings. The summed E-state index contributed by atoms with van der Waals surface area (Å²) in [5.74, 6) is 0.780. The number of unbranched alkanes of at least 4 members (excludes halogenated alkanes) is 2. The van der Waals surface area contributed by atoms with Gasteiger partial charge in [-0.15, -0.1) is 0 Å². The molecule has 0 spiro atoms. The van der Waals surface area contributed by atoms with E-state index in [1.165, 1.54) is 49.7 Å². The topological polar surface area (TPSA) is 37.3 Å². The van der Waals surface area contributed by atoms with Crippen molar-refractivity contribution in [3.8, 4) is 0 Å². The molecule has 1 N–H and O–H groups in total. The van der Waals surface area contributed by atoms with Crippen LogP contribution in [-0.4, -0.2) is 11.1 Å². The van der Waals surface area contributed by atoms with Crippen molar-refractivity contribution in [2.45, 2.75) is 58.8 Å². The van der Waals surface area contributed by atoms with Gasteiger partial charge in [0.1, 0.15) is 0 Å². The van der Waals surface area contributed by atoms with Gasteiger partial charge in [-0.2, -0.15) is 0 Å². The summed E-state index contributed by atoms with van der Waals surface area (Å²) in [6.07, 6.45) is 11.3. The van der Waals surface area contributed by atoms with Gasteiger partial charge < -0.3 is 5.11 Å². The molecule has 2 heteroatoms. The van der Waals surface area contributed by atoms with Crippen molar-refractivity contribution in [2.75, 3.05) is 0 Å². The van der Waals surface area contributed by atoms with Crippen LogP contribution in [0.3, 0.4) is 0 Å². The van der Waals surface area contributed by atoms with Crippen molar-refractivity contribution in [1.29, 1.82) is 0 Å². The summed E-state index contributed by atoms with van der Waals surface area (Å²) >= 11 is 0. The molecule has 0 saturated heterocycles. The summed E-state index contributed by atoms with van der Waals surface area (Å²) in [6.45, 7) is 4.66. The van der Waals surface area contributed by atoms with E-state index in [0.29, 0.717) is 5.56 Å². The van der Waals surface area contributed by atoms with E-state index in [2.05, 4.69) is 19.9 Å². The van der Waals surface area contributed by atoms with Crippen LogP contribution in [0.25, 0.3) is 5.57 Å². The highest BCUT2D eigenvalue weighted by Gasteiger charge is 2.20. The Morgan fingerprint density at radius 1 is 1.27 bits per heavy atom. The third-order valence-corrected chi connectivity index (χ3v) is 5.02. The fraction of sp³-hybridized carbons (Fsp3) is 0.550. The van der Waals surface area contributed by atoms with Crippen LogP contribution >= 0.6 is 0 Å². The number of carboxylic acids is 1. The van der Waals surface area contributed by atoms with Gasteiger partial charge in [-0.1, -0.05) is 57.7 Å². The Morgan fingerprint density at radius 2 is 2.00 bits per heavy atom. The highest BCUT2D eigenvalue weighted by Crippen LogP contribution is 2.35. The molecule has 0 saturated carbocycles. The molecule has 1 aromatic rings. The Hall–Kier alpha value is -1.57. The number of hydrogen-bond acceptors (Lipinski definition) is 1. The van der Waals surface area contributed by atoms with Crippen LogP contribution in [0.5, 0.6) is 0 Å². The Balaban J connectivity index is 1.92. The fourth-order valence-corrected chi connectivity index (χ4v) is 3.41. The number of benzene rings is 1. The molecule has 0 heterocycles. The lowest BCUT2D eigenvalue weighted by Gasteiger charge is -2.27. The minimum absolute atomic E-state index is 0.364. The minimum Gasteiger partial charge on any atom is -0.478 e. The highest BCUT2D eigenvalue weighted by atomic mass is 16.4. The average molecular weight is 300 g/mol. The van der Waals surface area contributed by atoms with Gasteiger partial charge >= 0.3 is 5.97 Å². The Bertz CT molecular complexity index is 513. The van der Waals surface area contributed by atoms with E-state index >= 15 is 0 Å². The van der Waals surface area contributed by atoms with Crippen LogP contribution < -0.4 is 0 Å². The smallest absolute Gasteiger partial charge is 0.335 e. The van der Waals surface area contributed by atoms with Gasteiger partial charge in [0, 0.05) is 0 Å². The fourth-order valence-electron chi connectivity index (χ4n) is 3.41. The summed E-state index contributed by atoms with van der Waals surface area (Å²) < 4.78 is 0. The molecule has 2 nitrogen and oxygen atoms in total. The van der Waals surface area contributed by atoms with E-state index < -0.39 is 5.97 Å². The molecule has 0 aliphatic heterocycles. The molecule has 0 fully saturated rings. The van der Waals surface area contributed by atoms with Crippen molar-refractivity contribution in [3.63, 3.8) is 0 Å². The number of carbonyl (C=O) groups is 1. The van der Waals surface area contributed by atoms with Crippen molar-refractivity contribution < 1.29 is 9.90 Å². The van der Waals surface area contributed by atoms with E-state index in [0.717, 1.165) is 18.3 Å². The van der Waals surface area contributed by atoms with Gasteiger partial charge in [0.05, 0.1) is 5.56 Å². The first-order valence-electron chi connectivity index (χ1n) is 8.64. The second-order valence-corrected chi connectivity index (χ2v) is 6.62. The second-order valence-electron chi connectivity index (χ2n) is 6.62. The van der Waals surface area contributed by atoms with E-state index in [4.69, 9.17) is 5.11 Å². The third kappa shape index (κ3) is 4.46. The molecular formula is C20H28O2. The van der Waals surface area contributed by atoms with E-state index in [9.17, 15) is 4.79 Å². The predicted molar refractivity (Wildman–Crippen MR) is 92.0 cm³/mol. The van der Waals surface area contributed by atoms with Gasteiger partial charge in [-0.05, 0) is 54.4 Å². The summed E-state index contributed by atoms with van der Waals surface area (Å²) in [4.78, 5) is 10.9. The normalized spacial score (nSPS) is 19.5. The molecule has 0 bridgehead atoms. The molecule has 2 unspecified atom stereocenters. The van der Waals surface area contributed by atoms with Crippen LogP contribution in [0, 0.1) is 11.8 Å². The first-order chi connectivity index (χ1) is 10.6. The van der Waals surface area contributed by atoms with Crippen molar-refractivity contribution in [2.24, 2.45) is 11.8 Å². The lowest BCUT2D eigenvalue weighted by Crippen LogP contribution is -2.14. The lowest BCUT2D eigenvalue weighted by molar-refractivity contribution is 0.0697. The minimum atomic E-state index is -0.856. The predicted octanol–water partition coefficient (Wildman–Crippen LogP) is 5.78. The van der Waals surface area contributed by atoms with Gasteiger partial charge in [0.25, 0.3) is 0 Å². The molecule has 120 valence electrons. The zero-order chi connectivity index (χ0) is 15.9. The second kappa shape index (κ2) is 8.17. The van der Waals surface area contributed by atoms with E-state index in [1.54, 1.807) is 12.1 Å². The number of aromatic carboxylic acids is 1. The average Bonchev–Trinajstić information content (AvgIpc) is 2.55. The summed E-state index contributed by atoms with van der Waals surface area (Å²) in [6, 6.07) is 7.30. The van der Waals surface area contributed by atoms with E-state index in [1.807, 2.05) is 12.1 Å². The SMILES string of the molecule is CCCCCC(C)C1CC=C(c2ccc(C(=O)O)cc2)CC1. The summed E-state index contributed by atoms with van der Waals surface area (Å²) in [5.41, 5.74) is 2.93. The summed E-state index contributed by atoms with van der Waals surface area (Å²) in [5, 5.41) is 8.96. The Kier molecular flexibility index (Phi) is 6.23. The number of hydrogen-bond donors (Lipinski definition) is 1. The number of carboxylic acid groups (broad SMARTS) is 1. The van der Waals surface area contributed by atoms with Crippen molar-refractivity contribution >= 4 is 11.5 Å². The molecular weight excluding hydrogens is 272 g/mol. The van der Waals surface area contributed by atoms with Crippen molar-refractivity contribution in [3.05, 3.63) is 41.5 Å². The standard InChI is InChI=1S/C20H28O2/c1-3-4-5-6-15(2)16-7-9-17(10-8-16)18-11-13-19(14-12-18)20(21)22/h9,11-16H,3-8,10H2,1-2H3,(H,21,22). The maximum absolute atomic E-state index is 10.9. The lowest BCUT2D eigenvalue weighted by atomic mass is 9.78. The van der Waals surface area contributed by atoms with E-state index in [-0.39, 0.29) is 0 Å². The molecule has 0 aromatic heterocycles. The highest BCUT2D eigenvalue weighted by molar-refractivity contribution is 5.88. The molecule has 22 heavy (non-hydrogen) atoms. The monoisotopic (exact) mass is 300 g/mol. The number of allylic oxidation sites excluding steroid dienone is 2. The largest absolute Gasteiger partial charge is 0.478 e. The molecule has 2 rings (SSSR count). The third-order valence-electron chi connectivity index (χ3n) is 5.02. The van der Waals surface area contributed by atoms with Crippen LogP contribution in [0.1, 0.15) is 74.7 Å². The summed E-state index contributed by atoms with van der Waals surface area (Å²) in [7, 11) is 0. The van der Waals surface area contributed by atoms with Crippen molar-refractivity contribution in [1.82, 2.24) is 0 Å². The van der Waals surface area contributed by atoms with Gasteiger partial charge in [0.15, 0.2) is 0 Å². The zero-order valence-corrected chi connectivity index (χ0v) is 13.8. The first-order valence-corrected chi connectivity index (χ1v) is 8.64. The zero-order valence-electron chi connectivity index (χ0n) is 13.8. The first kappa shape index (κ1) is 16.8. The molecule has 0 amide bonds. The van der Waals surface area contributed by atoms with Crippen LogP contribution in [-0.2, 0) is 0 Å². The van der Waals surface area contributed by atoms with Crippen LogP contribution in [0.2, 0.25) is 0 Å². The molecule has 1 aromatic carbocycles. The van der Waals surface area contributed by atoms with Gasteiger partial charge in [-0.3, -0.25) is 0 Å². The van der Waals surface area contributed by atoms with Crippen LogP contribution in [0.15, 0.2) is 30.3 Å². The maximum Gasteiger partial charge on any atom is 0.335 e. The van der Waals surface area contributed by atoms with Gasteiger partial charge in [0.2, 0.25) is 0 Å². The molecule has 1 aliphatic carbocycles. The Labute approximate surface area is 134 Å². The Morgan fingerprint density at radius 3 is 2.55 bits per heavy atom. The maximum atomic E-state index is 10.9. The van der Waals surface area contributed by atoms with Gasteiger partial charge in [-0.25, -0.2) is 4.79 Å². The number of rotatable bonds is 7. The molecule has 2 atom stereocenters. The molecule has 0 radical (unpaired) electrons.